The summed E-state index contributed by atoms with van der Waals surface area (Å²) in [6, 6.07) is 24.3. The molecule has 0 fully saturated rings. The Morgan fingerprint density at radius 2 is 0.704 bits per heavy atom. The van der Waals surface area contributed by atoms with Gasteiger partial charge in [-0.1, -0.05) is 34.8 Å². The molecule has 0 aliphatic heterocycles. The van der Waals surface area contributed by atoms with E-state index < -0.39 is 18.4 Å². The van der Waals surface area contributed by atoms with Gasteiger partial charge in [0.05, 0.1) is 6.66 Å². The van der Waals surface area contributed by atoms with Gasteiger partial charge in [-0.15, -0.1) is 0 Å². The van der Waals surface area contributed by atoms with Crippen LogP contribution < -0.4 is 15.9 Å². The van der Waals surface area contributed by atoms with Crippen LogP contribution in [0.15, 0.2) is 72.8 Å². The van der Waals surface area contributed by atoms with Crippen LogP contribution in [0.2, 0.25) is 15.1 Å². The van der Waals surface area contributed by atoms with Crippen LogP contribution >= 0.6 is 72.4 Å². The van der Waals surface area contributed by atoms with E-state index in [1.54, 1.807) is 0 Å². The van der Waals surface area contributed by atoms with Crippen LogP contribution in [0.1, 0.15) is 0 Å². The number of halogens is 6. The van der Waals surface area contributed by atoms with E-state index in [2.05, 4.69) is 43.1 Å². The molecular weight excluding hydrogens is 535 g/mol. The maximum atomic E-state index is 6.07. The van der Waals surface area contributed by atoms with Gasteiger partial charge in [-0.3, -0.25) is 0 Å². The van der Waals surface area contributed by atoms with Gasteiger partial charge in [0.25, 0.3) is 0 Å². The topological polar surface area (TPSA) is 0 Å². The second-order valence-electron chi connectivity index (χ2n) is 5.56. The van der Waals surface area contributed by atoms with Crippen molar-refractivity contribution >= 4 is 88.3 Å². The van der Waals surface area contributed by atoms with Crippen LogP contribution in [0.25, 0.3) is 0 Å². The van der Waals surface area contributed by atoms with Gasteiger partial charge in [0.15, 0.2) is 0 Å². The molecule has 3 aromatic rings. The van der Waals surface area contributed by atoms with Crippen LogP contribution in [0, 0.1) is 0 Å². The molecular formula is C19H15Cl6CuP. The number of hydrogen-bond donors (Lipinski definition) is 0. The van der Waals surface area contributed by atoms with Crippen LogP contribution in [0.4, 0.5) is 0 Å². The molecule has 8 heteroatoms. The van der Waals surface area contributed by atoms with Gasteiger partial charge in [0.2, 0.25) is 0 Å². The minimum absolute atomic E-state index is 0.743. The summed E-state index contributed by atoms with van der Waals surface area (Å²) in [5.74, 6) is 0. The molecule has 3 rings (SSSR count). The van der Waals surface area contributed by atoms with Gasteiger partial charge in [0, 0.05) is 15.1 Å². The van der Waals surface area contributed by atoms with Crippen LogP contribution in [0.3, 0.4) is 0 Å². The Kier molecular flexibility index (Phi) is 9.57. The molecule has 0 bridgehead atoms. The first-order valence-corrected chi connectivity index (χ1v) is 14.7. The summed E-state index contributed by atoms with van der Waals surface area (Å²) >= 11 is 17.3. The van der Waals surface area contributed by atoms with E-state index in [4.69, 9.17) is 65.1 Å². The summed E-state index contributed by atoms with van der Waals surface area (Å²) in [6.07, 6.45) is 0. The predicted octanol–water partition coefficient (Wildman–Crippen LogP) is 7.64. The third-order valence-corrected chi connectivity index (χ3v) is 8.78. The molecule has 0 saturated heterocycles. The standard InChI is InChI=1S/C19H15Cl3P.3ClH.Cu/c1-23(17-8-2-14(20)3-9-17,18-10-4-15(21)5-11-18)19-12-6-16(22)7-13-19;;;;/h2-13H,1H3;3*1H;/q+1;;;;+2/p-3. The van der Waals surface area contributed by atoms with Crippen molar-refractivity contribution in [1.82, 2.24) is 0 Å². The molecule has 0 N–H and O–H groups in total. The van der Waals surface area contributed by atoms with Crippen molar-refractivity contribution in [2.24, 2.45) is 0 Å². The zero-order valence-electron chi connectivity index (χ0n) is 13.9. The zero-order valence-corrected chi connectivity index (χ0v) is 20.3. The fourth-order valence-electron chi connectivity index (χ4n) is 2.66. The molecule has 0 saturated carbocycles. The van der Waals surface area contributed by atoms with Gasteiger partial charge in [-0.2, -0.15) is 0 Å². The third kappa shape index (κ3) is 6.68. The molecule has 0 spiro atoms. The number of hydrogen-bond acceptors (Lipinski definition) is 0. The second-order valence-corrected chi connectivity index (χ2v) is 15.1. The summed E-state index contributed by atoms with van der Waals surface area (Å²) in [6.45, 7) is 2.31. The molecule has 0 aromatic heterocycles. The normalized spacial score (nSPS) is 11.4. The molecule has 0 nitrogen and oxygen atoms in total. The fraction of sp³-hybridized carbons (Fsp3) is 0.0526. The van der Waals surface area contributed by atoms with E-state index in [1.165, 1.54) is 15.9 Å². The van der Waals surface area contributed by atoms with Crippen LogP contribution in [-0.2, 0) is 11.2 Å². The fourth-order valence-corrected chi connectivity index (χ4v) is 6.17. The average Bonchev–Trinajstić information content (AvgIpc) is 2.62. The molecule has 0 radical (unpaired) electrons. The van der Waals surface area contributed by atoms with Crippen molar-refractivity contribution in [1.29, 1.82) is 0 Å². The van der Waals surface area contributed by atoms with Crippen molar-refractivity contribution in [3.63, 3.8) is 0 Å². The minimum atomic E-state index is -1.76. The summed E-state index contributed by atoms with van der Waals surface area (Å²) in [4.78, 5) is 0. The Bertz CT molecular complexity index is 737. The summed E-state index contributed by atoms with van der Waals surface area (Å²) in [5.41, 5.74) is 0. The quantitative estimate of drug-likeness (QED) is 0.232. The Balaban J connectivity index is 0.000000596. The first-order valence-electron chi connectivity index (χ1n) is 7.49. The van der Waals surface area contributed by atoms with Gasteiger partial charge >= 0.3 is 41.5 Å². The van der Waals surface area contributed by atoms with E-state index in [0.717, 1.165) is 15.1 Å². The van der Waals surface area contributed by atoms with E-state index in [9.17, 15) is 0 Å². The molecule has 0 amide bonds. The van der Waals surface area contributed by atoms with Gasteiger partial charge in [0.1, 0.15) is 23.2 Å². The molecule has 3 aromatic carbocycles. The number of rotatable bonds is 3. The average molecular weight is 551 g/mol. The zero-order chi connectivity index (χ0) is 20.0. The van der Waals surface area contributed by atoms with E-state index in [0.29, 0.717) is 0 Å². The predicted molar refractivity (Wildman–Crippen MR) is 124 cm³/mol. The van der Waals surface area contributed by atoms with Gasteiger partial charge in [-0.05, 0) is 72.8 Å². The van der Waals surface area contributed by atoms with Crippen molar-refractivity contribution in [2.75, 3.05) is 6.66 Å². The number of benzene rings is 3. The van der Waals surface area contributed by atoms with E-state index in [-0.39, 0.29) is 0 Å². The third-order valence-electron chi connectivity index (χ3n) is 4.03. The van der Waals surface area contributed by atoms with Crippen molar-refractivity contribution in [3.05, 3.63) is 87.9 Å². The SMILES string of the molecule is C[P+](c1ccc(Cl)cc1)(c1ccc(Cl)cc1)c1ccc(Cl)cc1.[Cl][Cu-]([Cl])[Cl]. The van der Waals surface area contributed by atoms with Gasteiger partial charge in [-0.25, -0.2) is 0 Å². The first kappa shape index (κ1) is 23.6. The molecule has 27 heavy (non-hydrogen) atoms. The maximum absolute atomic E-state index is 6.07. The van der Waals surface area contributed by atoms with Crippen molar-refractivity contribution in [2.45, 2.75) is 0 Å². The molecule has 0 atom stereocenters. The Hall–Kier alpha value is 0.349. The molecule has 0 heterocycles. The van der Waals surface area contributed by atoms with Crippen molar-refractivity contribution < 1.29 is 11.2 Å². The Morgan fingerprint density at radius 3 is 0.889 bits per heavy atom. The van der Waals surface area contributed by atoms with Crippen LogP contribution in [0.5, 0.6) is 0 Å². The monoisotopic (exact) mass is 547 g/mol. The molecule has 0 aliphatic rings. The van der Waals surface area contributed by atoms with E-state index in [1.807, 2.05) is 36.4 Å². The second kappa shape index (κ2) is 10.9. The summed E-state index contributed by atoms with van der Waals surface area (Å²) < 4.78 is 0. The van der Waals surface area contributed by atoms with Crippen LogP contribution in [-0.4, -0.2) is 6.66 Å². The molecule has 149 valence electrons. The summed E-state index contributed by atoms with van der Waals surface area (Å²) in [5, 5.41) is 6.04. The molecule has 0 unspecified atom stereocenters. The first-order chi connectivity index (χ1) is 12.7. The Morgan fingerprint density at radius 1 is 0.519 bits per heavy atom. The Labute approximate surface area is 192 Å². The summed E-state index contributed by atoms with van der Waals surface area (Å²) in [7, 11) is 12.7. The van der Waals surface area contributed by atoms with E-state index >= 15 is 0 Å². The molecule has 0 aliphatic carbocycles. The van der Waals surface area contributed by atoms with Crippen molar-refractivity contribution in [3.8, 4) is 0 Å². The van der Waals surface area contributed by atoms with Gasteiger partial charge < -0.3 is 0 Å².